The van der Waals surface area contributed by atoms with Gasteiger partial charge in [-0.15, -0.1) is 0 Å². The fourth-order valence-corrected chi connectivity index (χ4v) is 3.45. The van der Waals surface area contributed by atoms with Crippen LogP contribution in [0.2, 0.25) is 0 Å². The molecule has 0 saturated heterocycles. The molecule has 3 aromatic heterocycles. The minimum atomic E-state index is 0.0176. The summed E-state index contributed by atoms with van der Waals surface area (Å²) in [6, 6.07) is 1.84. The molecule has 1 aliphatic heterocycles. The van der Waals surface area contributed by atoms with Crippen molar-refractivity contribution in [1.82, 2.24) is 24.8 Å². The summed E-state index contributed by atoms with van der Waals surface area (Å²) in [5.74, 6) is 0.837. The third-order valence-electron chi connectivity index (χ3n) is 3.96. The van der Waals surface area contributed by atoms with Crippen LogP contribution in [-0.2, 0) is 31.5 Å². The molecular formula is C15H15N5O3S. The van der Waals surface area contributed by atoms with Crippen molar-refractivity contribution < 1.29 is 14.1 Å². The van der Waals surface area contributed by atoms with Crippen molar-refractivity contribution in [2.45, 2.75) is 19.7 Å². The number of hydrogen-bond acceptors (Lipinski definition) is 7. The normalized spacial score (nSPS) is 13.5. The molecule has 0 radical (unpaired) electrons. The van der Waals surface area contributed by atoms with Crippen molar-refractivity contribution in [3.8, 4) is 11.6 Å². The molecule has 24 heavy (non-hydrogen) atoms. The first-order chi connectivity index (χ1) is 11.7. The van der Waals surface area contributed by atoms with E-state index in [4.69, 9.17) is 9.26 Å². The fourth-order valence-electron chi connectivity index (χ4n) is 2.82. The molecule has 8 nitrogen and oxygen atoms in total. The maximum absolute atomic E-state index is 12.6. The summed E-state index contributed by atoms with van der Waals surface area (Å²) >= 11 is 1.51. The Bertz CT molecular complexity index is 883. The molecule has 0 aliphatic carbocycles. The number of fused-ring (bicyclic) bond motifs is 1. The quantitative estimate of drug-likeness (QED) is 0.717. The number of aromatic nitrogens is 4. The van der Waals surface area contributed by atoms with Gasteiger partial charge in [0.15, 0.2) is 11.5 Å². The molecule has 1 aliphatic rings. The maximum Gasteiger partial charge on any atom is 0.278 e. The number of carbonyl (C=O) groups is 1. The number of carbonyl (C=O) groups excluding carboxylic acids is 1. The Morgan fingerprint density at radius 1 is 1.46 bits per heavy atom. The number of ether oxygens (including phenoxy) is 1. The zero-order chi connectivity index (χ0) is 16.7. The molecule has 0 aromatic carbocycles. The molecule has 0 unspecified atom stereocenters. The Kier molecular flexibility index (Phi) is 3.66. The zero-order valence-corrected chi connectivity index (χ0v) is 14.0. The second kappa shape index (κ2) is 5.84. The SMILES string of the molecule is COCc1noc(-c2nn(C)c3c2CN(C(=O)c2ccsc2)C3)n1. The number of aryl methyl sites for hydroxylation is 1. The first-order valence-corrected chi connectivity index (χ1v) is 8.29. The highest BCUT2D eigenvalue weighted by Gasteiger charge is 2.32. The monoisotopic (exact) mass is 345 g/mol. The molecule has 4 heterocycles. The van der Waals surface area contributed by atoms with Crippen molar-refractivity contribution in [1.29, 1.82) is 0 Å². The van der Waals surface area contributed by atoms with Gasteiger partial charge in [0.1, 0.15) is 6.61 Å². The van der Waals surface area contributed by atoms with Crippen LogP contribution in [0.15, 0.2) is 21.3 Å². The van der Waals surface area contributed by atoms with E-state index in [9.17, 15) is 4.79 Å². The molecule has 1 amide bonds. The van der Waals surface area contributed by atoms with E-state index in [1.165, 1.54) is 11.3 Å². The third kappa shape index (κ3) is 2.42. The van der Waals surface area contributed by atoms with E-state index in [-0.39, 0.29) is 12.5 Å². The topological polar surface area (TPSA) is 86.3 Å². The summed E-state index contributed by atoms with van der Waals surface area (Å²) in [6.07, 6.45) is 0. The second-order valence-corrected chi connectivity index (χ2v) is 6.30. The second-order valence-electron chi connectivity index (χ2n) is 5.52. The van der Waals surface area contributed by atoms with E-state index in [2.05, 4.69) is 15.2 Å². The van der Waals surface area contributed by atoms with E-state index in [1.54, 1.807) is 16.7 Å². The molecule has 0 saturated carbocycles. The summed E-state index contributed by atoms with van der Waals surface area (Å²) < 4.78 is 12.1. The molecule has 0 N–H and O–H groups in total. The average Bonchev–Trinajstić information content (AvgIpc) is 3.33. The van der Waals surface area contributed by atoms with Gasteiger partial charge in [-0.3, -0.25) is 9.48 Å². The standard InChI is InChI=1S/C15H15N5O3S/c1-19-11-6-20(15(21)9-3-4-24-8-9)5-10(11)13(17-19)14-16-12(7-22-2)18-23-14/h3-4,8H,5-7H2,1-2H3. The van der Waals surface area contributed by atoms with Crippen LogP contribution in [0.3, 0.4) is 0 Å². The summed E-state index contributed by atoms with van der Waals surface area (Å²) in [6.45, 7) is 1.28. The largest absolute Gasteiger partial charge is 0.377 e. The van der Waals surface area contributed by atoms with Crippen LogP contribution in [0.4, 0.5) is 0 Å². The van der Waals surface area contributed by atoms with Gasteiger partial charge in [0.2, 0.25) is 0 Å². The molecule has 0 atom stereocenters. The summed E-state index contributed by atoms with van der Waals surface area (Å²) in [5, 5.41) is 12.1. The van der Waals surface area contributed by atoms with E-state index < -0.39 is 0 Å². The van der Waals surface area contributed by atoms with Crippen molar-refractivity contribution in [2.24, 2.45) is 7.05 Å². The van der Waals surface area contributed by atoms with Crippen LogP contribution >= 0.6 is 11.3 Å². The smallest absolute Gasteiger partial charge is 0.278 e. The number of hydrogen-bond donors (Lipinski definition) is 0. The highest BCUT2D eigenvalue weighted by atomic mass is 32.1. The minimum Gasteiger partial charge on any atom is -0.377 e. The van der Waals surface area contributed by atoms with E-state index in [1.807, 2.05) is 23.9 Å². The van der Waals surface area contributed by atoms with Crippen LogP contribution < -0.4 is 0 Å². The lowest BCUT2D eigenvalue weighted by Gasteiger charge is -2.15. The zero-order valence-electron chi connectivity index (χ0n) is 13.2. The predicted molar refractivity (Wildman–Crippen MR) is 85.1 cm³/mol. The summed E-state index contributed by atoms with van der Waals surface area (Å²) in [4.78, 5) is 18.7. The lowest BCUT2D eigenvalue weighted by Crippen LogP contribution is -2.25. The molecule has 9 heteroatoms. The number of amides is 1. The fraction of sp³-hybridized carbons (Fsp3) is 0.333. The highest BCUT2D eigenvalue weighted by Crippen LogP contribution is 2.32. The van der Waals surface area contributed by atoms with Crippen molar-refractivity contribution in [2.75, 3.05) is 7.11 Å². The number of nitrogens with zero attached hydrogens (tertiary/aromatic N) is 5. The lowest BCUT2D eigenvalue weighted by atomic mass is 10.2. The molecule has 3 aromatic rings. The Balaban J connectivity index is 1.63. The number of methoxy groups -OCH3 is 1. The molecular weight excluding hydrogens is 330 g/mol. The van der Waals surface area contributed by atoms with Gasteiger partial charge in [0.05, 0.1) is 24.3 Å². The number of thiophene rings is 1. The lowest BCUT2D eigenvalue weighted by molar-refractivity contribution is 0.0749. The average molecular weight is 345 g/mol. The van der Waals surface area contributed by atoms with Gasteiger partial charge in [-0.1, -0.05) is 5.16 Å². The van der Waals surface area contributed by atoms with Crippen LogP contribution in [0.1, 0.15) is 27.4 Å². The van der Waals surface area contributed by atoms with E-state index >= 15 is 0 Å². The summed E-state index contributed by atoms with van der Waals surface area (Å²) in [7, 11) is 3.43. The Labute approximate surface area is 141 Å². The van der Waals surface area contributed by atoms with Crippen molar-refractivity contribution in [3.63, 3.8) is 0 Å². The Hall–Kier alpha value is -2.52. The van der Waals surface area contributed by atoms with Crippen molar-refractivity contribution in [3.05, 3.63) is 39.5 Å². The maximum atomic E-state index is 12.6. The van der Waals surface area contributed by atoms with Gasteiger partial charge < -0.3 is 14.2 Å². The minimum absolute atomic E-state index is 0.0176. The van der Waals surface area contributed by atoms with Crippen LogP contribution in [0.5, 0.6) is 0 Å². The first kappa shape index (κ1) is 15.0. The van der Waals surface area contributed by atoms with Gasteiger partial charge in [-0.05, 0) is 11.4 Å². The van der Waals surface area contributed by atoms with Crippen LogP contribution in [0.25, 0.3) is 11.6 Å². The van der Waals surface area contributed by atoms with E-state index in [0.717, 1.165) is 11.3 Å². The predicted octanol–water partition coefficient (Wildman–Crippen LogP) is 1.83. The Morgan fingerprint density at radius 3 is 3.08 bits per heavy atom. The van der Waals surface area contributed by atoms with Gasteiger partial charge in [-0.25, -0.2) is 0 Å². The van der Waals surface area contributed by atoms with Crippen LogP contribution in [-0.4, -0.2) is 37.8 Å². The third-order valence-corrected chi connectivity index (χ3v) is 4.65. The molecule has 0 bridgehead atoms. The van der Waals surface area contributed by atoms with Gasteiger partial charge >= 0.3 is 0 Å². The molecule has 0 spiro atoms. The van der Waals surface area contributed by atoms with Crippen molar-refractivity contribution >= 4 is 17.2 Å². The van der Waals surface area contributed by atoms with Gasteiger partial charge in [0, 0.05) is 25.1 Å². The summed E-state index contributed by atoms with van der Waals surface area (Å²) in [5.41, 5.74) is 3.28. The Morgan fingerprint density at radius 2 is 2.33 bits per heavy atom. The van der Waals surface area contributed by atoms with E-state index in [0.29, 0.717) is 36.1 Å². The number of rotatable bonds is 4. The first-order valence-electron chi connectivity index (χ1n) is 7.35. The van der Waals surface area contributed by atoms with Gasteiger partial charge in [0.25, 0.3) is 11.8 Å². The molecule has 124 valence electrons. The molecule has 0 fully saturated rings. The van der Waals surface area contributed by atoms with Gasteiger partial charge in [-0.2, -0.15) is 21.4 Å². The highest BCUT2D eigenvalue weighted by molar-refractivity contribution is 7.08. The van der Waals surface area contributed by atoms with Crippen LogP contribution in [0, 0.1) is 0 Å². The molecule has 4 rings (SSSR count).